The van der Waals surface area contributed by atoms with Crippen LogP contribution in [0.25, 0.3) is 11.0 Å². The number of carbonyl (C=O) groups is 1. The number of piperidine rings is 1. The second kappa shape index (κ2) is 8.74. The van der Waals surface area contributed by atoms with Gasteiger partial charge in [0.15, 0.2) is 0 Å². The van der Waals surface area contributed by atoms with Crippen molar-refractivity contribution >= 4 is 22.9 Å². The topological polar surface area (TPSA) is 44.6 Å². The Morgan fingerprint density at radius 2 is 1.86 bits per heavy atom. The molecule has 4 rings (SSSR count). The number of carbonyl (C=O) groups excluding carboxylic acids is 1. The monoisotopic (exact) mass is 397 g/mol. The van der Waals surface area contributed by atoms with E-state index in [0.29, 0.717) is 6.04 Å². The van der Waals surface area contributed by atoms with Crippen LogP contribution in [0.3, 0.4) is 0 Å². The van der Waals surface area contributed by atoms with Crippen LogP contribution in [-0.4, -0.2) is 70.6 Å². The molecule has 29 heavy (non-hydrogen) atoms. The van der Waals surface area contributed by atoms with Crippen LogP contribution in [0.2, 0.25) is 0 Å². The van der Waals surface area contributed by atoms with Gasteiger partial charge in [-0.25, -0.2) is 4.98 Å². The lowest BCUT2D eigenvalue weighted by molar-refractivity contribution is 0.0588. The molecule has 0 spiro atoms. The van der Waals surface area contributed by atoms with Crippen molar-refractivity contribution in [3.05, 3.63) is 23.8 Å². The third kappa shape index (κ3) is 4.00. The molecular formula is C23H35N5O. The highest BCUT2D eigenvalue weighted by atomic mass is 16.2. The second-order valence-corrected chi connectivity index (χ2v) is 8.53. The summed E-state index contributed by atoms with van der Waals surface area (Å²) in [5.41, 5.74) is 2.79. The maximum atomic E-state index is 13.3. The first-order chi connectivity index (χ1) is 14.1. The van der Waals surface area contributed by atoms with Crippen LogP contribution in [0.4, 0.5) is 5.95 Å². The van der Waals surface area contributed by atoms with E-state index in [-0.39, 0.29) is 5.91 Å². The van der Waals surface area contributed by atoms with Gasteiger partial charge in [-0.1, -0.05) is 6.92 Å². The molecule has 1 amide bonds. The predicted molar refractivity (Wildman–Crippen MR) is 119 cm³/mol. The van der Waals surface area contributed by atoms with Gasteiger partial charge in [-0.15, -0.1) is 0 Å². The minimum absolute atomic E-state index is 0.150. The van der Waals surface area contributed by atoms with E-state index in [1.165, 1.54) is 25.8 Å². The standard InChI is InChI=1S/C23H35N5O/c1-4-12-26-15-10-19(11-16-26)28(5-2)22(29)18-8-9-21-20(17-18)24-23(25(21)3)27-13-6-7-14-27/h8-9,17,19H,4-7,10-16H2,1-3H3. The van der Waals surface area contributed by atoms with Crippen LogP contribution in [0.15, 0.2) is 18.2 Å². The third-order valence-corrected chi connectivity index (χ3v) is 6.63. The molecule has 2 aliphatic heterocycles. The Hall–Kier alpha value is -2.08. The molecule has 2 aromatic rings. The normalized spacial score (nSPS) is 18.7. The highest BCUT2D eigenvalue weighted by Gasteiger charge is 2.28. The zero-order valence-electron chi connectivity index (χ0n) is 18.2. The van der Waals surface area contributed by atoms with Crippen LogP contribution in [0, 0.1) is 0 Å². The van der Waals surface area contributed by atoms with Gasteiger partial charge in [-0.3, -0.25) is 4.79 Å². The van der Waals surface area contributed by atoms with E-state index >= 15 is 0 Å². The van der Waals surface area contributed by atoms with Crippen molar-refractivity contribution in [1.82, 2.24) is 19.4 Å². The Balaban J connectivity index is 1.52. The molecule has 1 aromatic heterocycles. The fourth-order valence-electron chi connectivity index (χ4n) is 5.02. The molecule has 0 bridgehead atoms. The molecule has 0 saturated carbocycles. The van der Waals surface area contributed by atoms with Gasteiger partial charge in [0.25, 0.3) is 5.91 Å². The zero-order chi connectivity index (χ0) is 20.4. The Bertz CT molecular complexity index is 846. The van der Waals surface area contributed by atoms with Crippen molar-refractivity contribution in [2.75, 3.05) is 44.2 Å². The molecule has 0 aliphatic carbocycles. The number of amides is 1. The van der Waals surface area contributed by atoms with Crippen molar-refractivity contribution < 1.29 is 4.79 Å². The maximum absolute atomic E-state index is 13.3. The highest BCUT2D eigenvalue weighted by Crippen LogP contribution is 2.26. The van der Waals surface area contributed by atoms with Gasteiger partial charge in [0.2, 0.25) is 5.95 Å². The van der Waals surface area contributed by atoms with E-state index in [1.807, 2.05) is 12.1 Å². The second-order valence-electron chi connectivity index (χ2n) is 8.53. The molecule has 0 atom stereocenters. The molecule has 158 valence electrons. The molecule has 6 nitrogen and oxygen atoms in total. The molecule has 6 heteroatoms. The lowest BCUT2D eigenvalue weighted by atomic mass is 10.0. The van der Waals surface area contributed by atoms with Crippen molar-refractivity contribution in [2.24, 2.45) is 7.05 Å². The van der Waals surface area contributed by atoms with E-state index in [9.17, 15) is 4.79 Å². The fourth-order valence-corrected chi connectivity index (χ4v) is 5.02. The molecule has 0 unspecified atom stereocenters. The van der Waals surface area contributed by atoms with Gasteiger partial charge in [0, 0.05) is 51.4 Å². The van der Waals surface area contributed by atoms with E-state index in [0.717, 1.165) is 68.1 Å². The lowest BCUT2D eigenvalue weighted by Gasteiger charge is -2.38. The van der Waals surface area contributed by atoms with Crippen molar-refractivity contribution in [2.45, 2.75) is 52.0 Å². The number of anilines is 1. The third-order valence-electron chi connectivity index (χ3n) is 6.63. The van der Waals surface area contributed by atoms with E-state index in [4.69, 9.17) is 4.98 Å². The van der Waals surface area contributed by atoms with Crippen LogP contribution in [0.1, 0.15) is 56.3 Å². The van der Waals surface area contributed by atoms with Crippen LogP contribution in [0.5, 0.6) is 0 Å². The van der Waals surface area contributed by atoms with Crippen LogP contribution < -0.4 is 4.90 Å². The number of likely N-dealkylation sites (tertiary alicyclic amines) is 1. The Labute approximate surface area is 174 Å². The summed E-state index contributed by atoms with van der Waals surface area (Å²) in [5, 5.41) is 0. The molecule has 0 radical (unpaired) electrons. The van der Waals surface area contributed by atoms with Gasteiger partial charge in [0.1, 0.15) is 0 Å². The summed E-state index contributed by atoms with van der Waals surface area (Å²) in [6.07, 6.45) is 5.81. The number of benzene rings is 1. The number of aromatic nitrogens is 2. The average molecular weight is 398 g/mol. The number of nitrogens with zero attached hydrogens (tertiary/aromatic N) is 5. The lowest BCUT2D eigenvalue weighted by Crippen LogP contribution is -2.47. The first kappa shape index (κ1) is 20.2. The SMILES string of the molecule is CCCN1CCC(N(CC)C(=O)c2ccc3c(c2)nc(N2CCCC2)n3C)CC1. The largest absolute Gasteiger partial charge is 0.342 e. The first-order valence-electron chi connectivity index (χ1n) is 11.4. The number of hydrogen-bond acceptors (Lipinski definition) is 4. The molecular weight excluding hydrogens is 362 g/mol. The molecule has 0 N–H and O–H groups in total. The molecule has 3 heterocycles. The molecule has 2 saturated heterocycles. The predicted octanol–water partition coefficient (Wildman–Crippen LogP) is 3.51. The van der Waals surface area contributed by atoms with E-state index in [1.54, 1.807) is 0 Å². The average Bonchev–Trinajstić information content (AvgIpc) is 3.38. The van der Waals surface area contributed by atoms with Gasteiger partial charge in [-0.2, -0.15) is 0 Å². The zero-order valence-corrected chi connectivity index (χ0v) is 18.2. The minimum atomic E-state index is 0.150. The Kier molecular flexibility index (Phi) is 6.09. The van der Waals surface area contributed by atoms with E-state index < -0.39 is 0 Å². The summed E-state index contributed by atoms with van der Waals surface area (Å²) >= 11 is 0. The Morgan fingerprint density at radius 1 is 1.14 bits per heavy atom. The first-order valence-corrected chi connectivity index (χ1v) is 11.4. The number of rotatable bonds is 6. The quantitative estimate of drug-likeness (QED) is 0.748. The number of fused-ring (bicyclic) bond motifs is 1. The van der Waals surface area contributed by atoms with Crippen molar-refractivity contribution in [1.29, 1.82) is 0 Å². The van der Waals surface area contributed by atoms with Crippen molar-refractivity contribution in [3.8, 4) is 0 Å². The van der Waals surface area contributed by atoms with Gasteiger partial charge >= 0.3 is 0 Å². The number of aryl methyl sites for hydroxylation is 1. The summed E-state index contributed by atoms with van der Waals surface area (Å²) in [6, 6.07) is 6.38. The van der Waals surface area contributed by atoms with E-state index in [2.05, 4.69) is 46.2 Å². The summed E-state index contributed by atoms with van der Waals surface area (Å²) in [5.74, 6) is 1.18. The highest BCUT2D eigenvalue weighted by molar-refractivity contribution is 5.98. The van der Waals surface area contributed by atoms with Crippen molar-refractivity contribution in [3.63, 3.8) is 0 Å². The summed E-state index contributed by atoms with van der Waals surface area (Å²) in [7, 11) is 2.08. The minimum Gasteiger partial charge on any atom is -0.342 e. The smallest absolute Gasteiger partial charge is 0.254 e. The fraction of sp³-hybridized carbons (Fsp3) is 0.652. The summed E-state index contributed by atoms with van der Waals surface area (Å²) < 4.78 is 2.16. The molecule has 2 fully saturated rings. The Morgan fingerprint density at radius 3 is 2.52 bits per heavy atom. The maximum Gasteiger partial charge on any atom is 0.254 e. The van der Waals surface area contributed by atoms with Crippen LogP contribution in [-0.2, 0) is 7.05 Å². The number of imidazole rings is 1. The molecule has 1 aromatic carbocycles. The van der Waals surface area contributed by atoms with Crippen LogP contribution >= 0.6 is 0 Å². The summed E-state index contributed by atoms with van der Waals surface area (Å²) in [6.45, 7) is 10.6. The van der Waals surface area contributed by atoms with Gasteiger partial charge in [-0.05, 0) is 63.8 Å². The molecule has 2 aliphatic rings. The van der Waals surface area contributed by atoms with Gasteiger partial charge in [0.05, 0.1) is 11.0 Å². The number of hydrogen-bond donors (Lipinski definition) is 0. The van der Waals surface area contributed by atoms with Gasteiger partial charge < -0.3 is 19.3 Å². The summed E-state index contributed by atoms with van der Waals surface area (Å²) in [4.78, 5) is 25.2.